The summed E-state index contributed by atoms with van der Waals surface area (Å²) in [5, 5.41) is 13.4. The highest BCUT2D eigenvalue weighted by molar-refractivity contribution is 7.09. The van der Waals surface area contributed by atoms with E-state index in [-0.39, 0.29) is 18.3 Å². The first-order valence-electron chi connectivity index (χ1n) is 6.39. The second kappa shape index (κ2) is 6.94. The Morgan fingerprint density at radius 3 is 2.81 bits per heavy atom. The van der Waals surface area contributed by atoms with Crippen LogP contribution in [0.5, 0.6) is 0 Å². The highest BCUT2D eigenvalue weighted by atomic mass is 32.1. The van der Waals surface area contributed by atoms with Crippen molar-refractivity contribution in [3.63, 3.8) is 0 Å². The first kappa shape index (κ1) is 15.1. The fourth-order valence-corrected chi connectivity index (χ4v) is 2.42. The third-order valence-corrected chi connectivity index (χ3v) is 3.84. The summed E-state index contributed by atoms with van der Waals surface area (Å²) in [7, 11) is 1.72. The van der Waals surface area contributed by atoms with Crippen molar-refractivity contribution in [2.45, 2.75) is 13.0 Å². The van der Waals surface area contributed by atoms with Gasteiger partial charge in [-0.3, -0.25) is 0 Å². The van der Waals surface area contributed by atoms with Crippen molar-refractivity contribution in [3.05, 3.63) is 46.0 Å². The van der Waals surface area contributed by atoms with Crippen LogP contribution in [0.3, 0.4) is 0 Å². The number of furan rings is 1. The summed E-state index contributed by atoms with van der Waals surface area (Å²) in [5.74, 6) is -0.849. The number of rotatable bonds is 6. The molecule has 2 rings (SSSR count). The lowest BCUT2D eigenvalue weighted by Crippen LogP contribution is -2.37. The molecule has 21 heavy (non-hydrogen) atoms. The van der Waals surface area contributed by atoms with Gasteiger partial charge in [0.25, 0.3) is 0 Å². The Bertz CT molecular complexity index is 606. The van der Waals surface area contributed by atoms with Crippen molar-refractivity contribution in [3.8, 4) is 0 Å². The van der Waals surface area contributed by atoms with Crippen LogP contribution >= 0.6 is 11.3 Å². The van der Waals surface area contributed by atoms with Gasteiger partial charge in [-0.25, -0.2) is 9.59 Å². The van der Waals surface area contributed by atoms with E-state index >= 15 is 0 Å². The van der Waals surface area contributed by atoms with E-state index in [4.69, 9.17) is 9.52 Å². The number of carbonyl (C=O) groups is 2. The Balaban J connectivity index is 1.76. The number of hydrogen-bond donors (Lipinski definition) is 2. The minimum Gasteiger partial charge on any atom is -0.475 e. The predicted molar refractivity (Wildman–Crippen MR) is 78.6 cm³/mol. The predicted octanol–water partition coefficient (Wildman–Crippen LogP) is 2.42. The second-order valence-electron chi connectivity index (χ2n) is 4.48. The smallest absolute Gasteiger partial charge is 0.371 e. The molecule has 0 aromatic carbocycles. The highest BCUT2D eigenvalue weighted by Gasteiger charge is 2.12. The van der Waals surface area contributed by atoms with Crippen LogP contribution in [0, 0.1) is 0 Å². The van der Waals surface area contributed by atoms with Crippen LogP contribution < -0.4 is 5.32 Å². The zero-order valence-electron chi connectivity index (χ0n) is 11.5. The number of urea groups is 1. The number of aromatic carboxylic acids is 1. The number of hydrogen-bond acceptors (Lipinski definition) is 4. The van der Waals surface area contributed by atoms with Crippen molar-refractivity contribution in [1.29, 1.82) is 0 Å². The summed E-state index contributed by atoms with van der Waals surface area (Å²) in [4.78, 5) is 25.4. The molecule has 112 valence electrons. The molecule has 6 nitrogen and oxygen atoms in total. The van der Waals surface area contributed by atoms with Crippen molar-refractivity contribution >= 4 is 23.3 Å². The molecule has 0 aliphatic heterocycles. The molecule has 2 amide bonds. The zero-order chi connectivity index (χ0) is 15.2. The molecule has 0 saturated carbocycles. The van der Waals surface area contributed by atoms with Gasteiger partial charge < -0.3 is 19.7 Å². The van der Waals surface area contributed by atoms with Crippen molar-refractivity contribution in [2.24, 2.45) is 0 Å². The number of carboxylic acids is 1. The van der Waals surface area contributed by atoms with Crippen molar-refractivity contribution < 1.29 is 19.1 Å². The first-order valence-corrected chi connectivity index (χ1v) is 7.27. The summed E-state index contributed by atoms with van der Waals surface area (Å²) in [6.07, 6.45) is 0.811. The lowest BCUT2D eigenvalue weighted by atomic mass is 10.3. The molecular formula is C14H16N2O4S. The number of nitrogens with one attached hydrogen (secondary N) is 1. The van der Waals surface area contributed by atoms with Gasteiger partial charge in [0.15, 0.2) is 0 Å². The Morgan fingerprint density at radius 1 is 1.38 bits per heavy atom. The monoisotopic (exact) mass is 308 g/mol. The minimum atomic E-state index is -1.12. The molecule has 0 saturated heterocycles. The summed E-state index contributed by atoms with van der Waals surface area (Å²) in [6.45, 7) is 0.778. The fraction of sp³-hybridized carbons (Fsp3) is 0.286. The zero-order valence-corrected chi connectivity index (χ0v) is 12.4. The SMILES string of the molecule is CN(CCc1cccs1)C(=O)NCc1ccc(C(=O)O)o1. The standard InChI is InChI=1S/C14H16N2O4S/c1-16(7-6-11-3-2-8-21-11)14(19)15-9-10-4-5-12(20-10)13(17)18/h2-5,8H,6-7,9H2,1H3,(H,15,19)(H,17,18). The molecule has 0 fully saturated rings. The van der Waals surface area contributed by atoms with Gasteiger partial charge in [-0.05, 0) is 30.0 Å². The maximum Gasteiger partial charge on any atom is 0.371 e. The fourth-order valence-electron chi connectivity index (χ4n) is 1.72. The van der Waals surface area contributed by atoms with E-state index in [1.807, 2.05) is 17.5 Å². The number of carbonyl (C=O) groups excluding carboxylic acids is 1. The van der Waals surface area contributed by atoms with Crippen LogP contribution in [0.1, 0.15) is 21.2 Å². The third-order valence-electron chi connectivity index (χ3n) is 2.91. The lowest BCUT2D eigenvalue weighted by molar-refractivity contribution is 0.0660. The molecule has 0 spiro atoms. The average Bonchev–Trinajstić information content (AvgIpc) is 3.13. The van der Waals surface area contributed by atoms with E-state index < -0.39 is 5.97 Å². The van der Waals surface area contributed by atoms with Crippen LogP contribution in [0.15, 0.2) is 34.1 Å². The minimum absolute atomic E-state index is 0.134. The number of carboxylic acid groups (broad SMARTS) is 1. The Morgan fingerprint density at radius 2 is 2.19 bits per heavy atom. The van der Waals surface area contributed by atoms with E-state index in [2.05, 4.69) is 5.32 Å². The van der Waals surface area contributed by atoms with Gasteiger partial charge in [-0.2, -0.15) is 0 Å². The number of amides is 2. The van der Waals surface area contributed by atoms with Crippen molar-refractivity contribution in [1.82, 2.24) is 10.2 Å². The van der Waals surface area contributed by atoms with Crippen molar-refractivity contribution in [2.75, 3.05) is 13.6 Å². The molecule has 0 unspecified atom stereocenters. The van der Waals surface area contributed by atoms with E-state index in [1.165, 1.54) is 17.0 Å². The van der Waals surface area contributed by atoms with E-state index in [9.17, 15) is 9.59 Å². The first-order chi connectivity index (χ1) is 10.1. The van der Waals surface area contributed by atoms with Crippen LogP contribution in [-0.2, 0) is 13.0 Å². The van der Waals surface area contributed by atoms with Gasteiger partial charge in [-0.1, -0.05) is 6.07 Å². The molecule has 0 radical (unpaired) electrons. The van der Waals surface area contributed by atoms with Crippen LogP contribution in [0.25, 0.3) is 0 Å². The van der Waals surface area contributed by atoms with Crippen LogP contribution in [-0.4, -0.2) is 35.6 Å². The highest BCUT2D eigenvalue weighted by Crippen LogP contribution is 2.10. The maximum atomic E-state index is 11.9. The van der Waals surface area contributed by atoms with Gasteiger partial charge in [0.1, 0.15) is 5.76 Å². The maximum absolute atomic E-state index is 11.9. The summed E-state index contributed by atoms with van der Waals surface area (Å²) in [6, 6.07) is 6.70. The number of thiophene rings is 1. The van der Waals surface area contributed by atoms with Gasteiger partial charge in [0.2, 0.25) is 5.76 Å². The molecule has 0 aliphatic rings. The molecule has 2 N–H and O–H groups in total. The van der Waals surface area contributed by atoms with E-state index in [0.29, 0.717) is 12.3 Å². The van der Waals surface area contributed by atoms with Gasteiger partial charge in [-0.15, -0.1) is 11.3 Å². The Kier molecular flexibility index (Phi) is 4.99. The number of nitrogens with zero attached hydrogens (tertiary/aromatic N) is 1. The van der Waals surface area contributed by atoms with Gasteiger partial charge >= 0.3 is 12.0 Å². The molecule has 0 atom stereocenters. The summed E-state index contributed by atoms with van der Waals surface area (Å²) in [5.41, 5.74) is 0. The molecule has 0 aliphatic carbocycles. The summed E-state index contributed by atoms with van der Waals surface area (Å²) >= 11 is 1.66. The van der Waals surface area contributed by atoms with E-state index in [0.717, 1.165) is 6.42 Å². The quantitative estimate of drug-likeness (QED) is 0.858. The lowest BCUT2D eigenvalue weighted by Gasteiger charge is -2.17. The molecular weight excluding hydrogens is 292 g/mol. The second-order valence-corrected chi connectivity index (χ2v) is 5.51. The molecule has 2 aromatic rings. The Labute approximate surface area is 126 Å². The van der Waals surface area contributed by atoms with E-state index in [1.54, 1.807) is 23.3 Å². The van der Waals surface area contributed by atoms with Gasteiger partial charge in [0.05, 0.1) is 6.54 Å². The molecule has 7 heteroatoms. The average molecular weight is 308 g/mol. The molecule has 0 bridgehead atoms. The number of likely N-dealkylation sites (N-methyl/N-ethyl adjacent to an activating group) is 1. The van der Waals surface area contributed by atoms with Crippen LogP contribution in [0.2, 0.25) is 0 Å². The normalized spacial score (nSPS) is 10.3. The summed E-state index contributed by atoms with van der Waals surface area (Å²) < 4.78 is 5.06. The third kappa shape index (κ3) is 4.35. The largest absolute Gasteiger partial charge is 0.475 e. The molecule has 2 heterocycles. The Hall–Kier alpha value is -2.28. The van der Waals surface area contributed by atoms with Gasteiger partial charge in [0, 0.05) is 18.5 Å². The molecule has 2 aromatic heterocycles. The topological polar surface area (TPSA) is 82.8 Å². The van der Waals surface area contributed by atoms with Crippen LogP contribution in [0.4, 0.5) is 4.79 Å².